The van der Waals surface area contributed by atoms with Gasteiger partial charge in [0.15, 0.2) is 17.5 Å². The number of guanidine groups is 1. The molecule has 0 saturated heterocycles. The summed E-state index contributed by atoms with van der Waals surface area (Å²) < 4.78 is 17.9. The fraction of sp³-hybridized carbons (Fsp3) is 0.435. The Bertz CT molecular complexity index is 895. The number of nitrogens with one attached hydrogen (secondary N) is 2. The van der Waals surface area contributed by atoms with Crippen molar-refractivity contribution in [1.82, 2.24) is 10.6 Å². The van der Waals surface area contributed by atoms with Gasteiger partial charge in [-0.3, -0.25) is 4.99 Å². The molecule has 1 unspecified atom stereocenters. The van der Waals surface area contributed by atoms with Crippen LogP contribution in [0.5, 0.6) is 17.2 Å². The van der Waals surface area contributed by atoms with E-state index in [2.05, 4.69) is 41.6 Å². The monoisotopic (exact) mass is 395 g/mol. The van der Waals surface area contributed by atoms with Gasteiger partial charge in [-0.2, -0.15) is 0 Å². The predicted molar refractivity (Wildman–Crippen MR) is 114 cm³/mol. The lowest BCUT2D eigenvalue weighted by atomic mass is 9.90. The number of nitrogens with zero attached hydrogens (tertiary/aromatic N) is 1. The van der Waals surface area contributed by atoms with Crippen molar-refractivity contribution in [1.29, 1.82) is 0 Å². The highest BCUT2D eigenvalue weighted by molar-refractivity contribution is 5.80. The summed E-state index contributed by atoms with van der Waals surface area (Å²) in [6, 6.07) is 14.3. The molecule has 6 nitrogen and oxygen atoms in total. The molecular formula is C23H29N3O3. The number of hydrogen-bond acceptors (Lipinski definition) is 4. The van der Waals surface area contributed by atoms with Gasteiger partial charge in [-0.1, -0.05) is 30.3 Å². The molecule has 0 aliphatic carbocycles. The van der Waals surface area contributed by atoms with E-state index in [4.69, 9.17) is 14.2 Å². The van der Waals surface area contributed by atoms with E-state index in [1.54, 1.807) is 7.05 Å². The van der Waals surface area contributed by atoms with E-state index in [0.29, 0.717) is 19.8 Å². The molecule has 1 atom stereocenters. The van der Waals surface area contributed by atoms with Crippen LogP contribution in [0.15, 0.2) is 47.5 Å². The first-order chi connectivity index (χ1) is 14.1. The molecule has 2 aromatic carbocycles. The van der Waals surface area contributed by atoms with Crippen molar-refractivity contribution in [2.75, 3.05) is 20.3 Å². The zero-order valence-corrected chi connectivity index (χ0v) is 17.3. The Hall–Kier alpha value is -2.89. The van der Waals surface area contributed by atoms with Crippen LogP contribution in [0.1, 0.15) is 43.9 Å². The van der Waals surface area contributed by atoms with Gasteiger partial charge in [0.1, 0.15) is 11.4 Å². The summed E-state index contributed by atoms with van der Waals surface area (Å²) in [7, 11) is 1.79. The van der Waals surface area contributed by atoms with Gasteiger partial charge < -0.3 is 24.8 Å². The largest absolute Gasteiger partial charge is 0.490 e. The number of hydrogen-bond donors (Lipinski definition) is 2. The summed E-state index contributed by atoms with van der Waals surface area (Å²) in [5, 5.41) is 6.99. The normalized spacial score (nSPS) is 20.1. The molecule has 0 aromatic heterocycles. The molecule has 2 heterocycles. The fourth-order valence-corrected chi connectivity index (χ4v) is 3.86. The fourth-order valence-electron chi connectivity index (χ4n) is 3.86. The van der Waals surface area contributed by atoms with Crippen LogP contribution in [-0.4, -0.2) is 31.8 Å². The second kappa shape index (κ2) is 8.23. The Morgan fingerprint density at radius 1 is 1.07 bits per heavy atom. The lowest BCUT2D eigenvalue weighted by molar-refractivity contribution is 0.0694. The van der Waals surface area contributed by atoms with Crippen molar-refractivity contribution in [2.24, 2.45) is 4.99 Å². The third-order valence-electron chi connectivity index (χ3n) is 5.21. The maximum Gasteiger partial charge on any atom is 0.191 e. The number of ether oxygens (including phenoxy) is 3. The minimum atomic E-state index is -0.243. The molecule has 0 fully saturated rings. The van der Waals surface area contributed by atoms with E-state index in [-0.39, 0.29) is 11.6 Å². The SMILES string of the molecule is CN=C(NCc1cccc2c1OCCCO2)NC1CC(C)(C)Oc2ccccc21. The molecule has 0 bridgehead atoms. The minimum absolute atomic E-state index is 0.119. The maximum atomic E-state index is 6.14. The number of benzene rings is 2. The number of fused-ring (bicyclic) bond motifs is 2. The van der Waals surface area contributed by atoms with E-state index in [0.717, 1.165) is 47.2 Å². The van der Waals surface area contributed by atoms with Crippen LogP contribution in [-0.2, 0) is 6.54 Å². The van der Waals surface area contributed by atoms with Crippen LogP contribution in [0.2, 0.25) is 0 Å². The molecule has 0 spiro atoms. The lowest BCUT2D eigenvalue weighted by Crippen LogP contribution is -2.45. The van der Waals surface area contributed by atoms with Gasteiger partial charge in [0.2, 0.25) is 0 Å². The first kappa shape index (κ1) is 19.4. The Morgan fingerprint density at radius 2 is 1.86 bits per heavy atom. The van der Waals surface area contributed by atoms with Gasteiger partial charge >= 0.3 is 0 Å². The standard InChI is InChI=1S/C23H29N3O3/c1-23(2)14-18(17-9-4-5-10-19(17)29-23)26-22(24-3)25-15-16-8-6-11-20-21(16)28-13-7-12-27-20/h4-6,8-11,18H,7,12-15H2,1-3H3,(H2,24,25,26). The third-order valence-corrected chi connectivity index (χ3v) is 5.21. The first-order valence-corrected chi connectivity index (χ1v) is 10.2. The summed E-state index contributed by atoms with van der Waals surface area (Å²) in [5.41, 5.74) is 1.97. The number of aliphatic imine (C=N–C) groups is 1. The lowest BCUT2D eigenvalue weighted by Gasteiger charge is -2.38. The first-order valence-electron chi connectivity index (χ1n) is 10.2. The van der Waals surface area contributed by atoms with Crippen LogP contribution in [0.4, 0.5) is 0 Å². The zero-order chi connectivity index (χ0) is 20.3. The van der Waals surface area contributed by atoms with Gasteiger partial charge in [-0.15, -0.1) is 0 Å². The molecule has 0 radical (unpaired) electrons. The van der Waals surface area contributed by atoms with E-state index in [9.17, 15) is 0 Å². The molecule has 0 saturated carbocycles. The molecule has 4 rings (SSSR count). The third kappa shape index (κ3) is 4.42. The molecule has 6 heteroatoms. The van der Waals surface area contributed by atoms with E-state index < -0.39 is 0 Å². The molecule has 29 heavy (non-hydrogen) atoms. The Morgan fingerprint density at radius 3 is 2.72 bits per heavy atom. The number of para-hydroxylation sites is 2. The average molecular weight is 396 g/mol. The molecule has 154 valence electrons. The van der Waals surface area contributed by atoms with Crippen LogP contribution >= 0.6 is 0 Å². The zero-order valence-electron chi connectivity index (χ0n) is 17.3. The van der Waals surface area contributed by atoms with E-state index in [1.165, 1.54) is 0 Å². The second-order valence-electron chi connectivity index (χ2n) is 8.02. The predicted octanol–water partition coefficient (Wildman–Crippen LogP) is 3.82. The average Bonchev–Trinajstić information content (AvgIpc) is 2.96. The summed E-state index contributed by atoms with van der Waals surface area (Å²) in [4.78, 5) is 4.43. The van der Waals surface area contributed by atoms with Crippen molar-refractivity contribution in [3.05, 3.63) is 53.6 Å². The topological polar surface area (TPSA) is 64.1 Å². The highest BCUT2D eigenvalue weighted by Gasteiger charge is 2.34. The van der Waals surface area contributed by atoms with Crippen molar-refractivity contribution >= 4 is 5.96 Å². The van der Waals surface area contributed by atoms with Gasteiger partial charge in [0.05, 0.1) is 19.3 Å². The van der Waals surface area contributed by atoms with Crippen molar-refractivity contribution in [2.45, 2.75) is 44.9 Å². The van der Waals surface area contributed by atoms with Gasteiger partial charge in [-0.05, 0) is 26.0 Å². The second-order valence-corrected chi connectivity index (χ2v) is 8.02. The Kier molecular flexibility index (Phi) is 5.51. The minimum Gasteiger partial charge on any atom is -0.490 e. The van der Waals surface area contributed by atoms with E-state index in [1.807, 2.05) is 30.3 Å². The highest BCUT2D eigenvalue weighted by atomic mass is 16.5. The smallest absolute Gasteiger partial charge is 0.191 e. The Labute approximate surface area is 172 Å². The molecule has 2 aliphatic rings. The molecule has 0 amide bonds. The molecule has 2 aromatic rings. The van der Waals surface area contributed by atoms with Gasteiger partial charge in [0, 0.05) is 37.6 Å². The van der Waals surface area contributed by atoms with Gasteiger partial charge in [-0.25, -0.2) is 0 Å². The molecular weight excluding hydrogens is 366 g/mol. The maximum absolute atomic E-state index is 6.14. The summed E-state index contributed by atoms with van der Waals surface area (Å²) in [6.45, 7) is 6.19. The van der Waals surface area contributed by atoms with Crippen LogP contribution < -0.4 is 24.8 Å². The van der Waals surface area contributed by atoms with Crippen molar-refractivity contribution < 1.29 is 14.2 Å². The molecule has 2 aliphatic heterocycles. The summed E-state index contributed by atoms with van der Waals surface area (Å²) >= 11 is 0. The summed E-state index contributed by atoms with van der Waals surface area (Å²) in [6.07, 6.45) is 1.74. The van der Waals surface area contributed by atoms with Crippen LogP contribution in [0.3, 0.4) is 0 Å². The van der Waals surface area contributed by atoms with Crippen LogP contribution in [0, 0.1) is 0 Å². The Balaban J connectivity index is 1.48. The van der Waals surface area contributed by atoms with Crippen molar-refractivity contribution in [3.8, 4) is 17.2 Å². The van der Waals surface area contributed by atoms with Gasteiger partial charge in [0.25, 0.3) is 0 Å². The van der Waals surface area contributed by atoms with Crippen molar-refractivity contribution in [3.63, 3.8) is 0 Å². The van der Waals surface area contributed by atoms with Crippen LogP contribution in [0.25, 0.3) is 0 Å². The quantitative estimate of drug-likeness (QED) is 0.611. The van der Waals surface area contributed by atoms with E-state index >= 15 is 0 Å². The molecule has 2 N–H and O–H groups in total. The highest BCUT2D eigenvalue weighted by Crippen LogP contribution is 2.39. The number of rotatable bonds is 3. The summed E-state index contributed by atoms with van der Waals surface area (Å²) in [5.74, 6) is 3.31.